The largest absolute Gasteiger partial charge is 0.490 e. The summed E-state index contributed by atoms with van der Waals surface area (Å²) in [6, 6.07) is 11.8. The van der Waals surface area contributed by atoms with Crippen LogP contribution >= 0.6 is 39.9 Å². The summed E-state index contributed by atoms with van der Waals surface area (Å²) < 4.78 is 12.5. The zero-order valence-corrected chi connectivity index (χ0v) is 19.8. The van der Waals surface area contributed by atoms with Gasteiger partial charge < -0.3 is 9.47 Å². The molecule has 1 amide bonds. The predicted octanol–water partition coefficient (Wildman–Crippen LogP) is 5.57. The minimum Gasteiger partial charge on any atom is -0.490 e. The molecule has 0 aromatic heterocycles. The summed E-state index contributed by atoms with van der Waals surface area (Å²) in [5.74, 6) is 3.44. The number of ether oxygens (including phenoxy) is 2. The summed E-state index contributed by atoms with van der Waals surface area (Å²) >= 11 is 10.3. The van der Waals surface area contributed by atoms with Crippen molar-refractivity contribution in [2.75, 3.05) is 13.2 Å². The van der Waals surface area contributed by atoms with Crippen LogP contribution in [0.2, 0.25) is 0 Å². The monoisotopic (exact) mass is 501 g/mol. The summed E-state index contributed by atoms with van der Waals surface area (Å²) in [6.07, 6.45) is 7.11. The Morgan fingerprint density at radius 2 is 2.00 bits per heavy atom. The van der Waals surface area contributed by atoms with E-state index in [1.54, 1.807) is 4.90 Å². The average molecular weight is 502 g/mol. The van der Waals surface area contributed by atoms with Crippen LogP contribution in [0.15, 0.2) is 45.8 Å². The van der Waals surface area contributed by atoms with E-state index in [2.05, 4.69) is 21.9 Å². The van der Waals surface area contributed by atoms with Gasteiger partial charge in [-0.3, -0.25) is 9.69 Å². The first kappa shape index (κ1) is 22.4. The first-order valence-corrected chi connectivity index (χ1v) is 11.3. The van der Waals surface area contributed by atoms with Crippen LogP contribution in [0, 0.1) is 19.3 Å². The van der Waals surface area contributed by atoms with E-state index >= 15 is 0 Å². The number of halogens is 1. The molecule has 0 N–H and O–H groups in total. The third-order valence-corrected chi connectivity index (χ3v) is 6.23. The van der Waals surface area contributed by atoms with E-state index in [1.165, 1.54) is 17.3 Å². The van der Waals surface area contributed by atoms with Gasteiger partial charge in [0.15, 0.2) is 11.5 Å². The van der Waals surface area contributed by atoms with Crippen LogP contribution in [0.3, 0.4) is 0 Å². The van der Waals surface area contributed by atoms with Crippen LogP contribution in [0.5, 0.6) is 11.5 Å². The number of carbonyl (C=O) groups is 1. The van der Waals surface area contributed by atoms with Crippen molar-refractivity contribution in [2.24, 2.45) is 0 Å². The molecule has 0 atom stereocenters. The average Bonchev–Trinajstić information content (AvgIpc) is 2.96. The van der Waals surface area contributed by atoms with Crippen molar-refractivity contribution < 1.29 is 14.3 Å². The Labute approximate surface area is 194 Å². The van der Waals surface area contributed by atoms with Crippen molar-refractivity contribution >= 4 is 56.2 Å². The molecule has 1 saturated heterocycles. The Hall–Kier alpha value is -2.27. The molecule has 2 aromatic rings. The van der Waals surface area contributed by atoms with Gasteiger partial charge in [-0.15, -0.1) is 6.42 Å². The highest BCUT2D eigenvalue weighted by atomic mass is 79.9. The second-order valence-electron chi connectivity index (χ2n) is 6.51. The van der Waals surface area contributed by atoms with Crippen LogP contribution in [0.1, 0.15) is 23.6 Å². The number of nitrogens with zero attached hydrogens (tertiary/aromatic N) is 1. The molecule has 0 bridgehead atoms. The molecule has 0 radical (unpaired) electrons. The highest BCUT2D eigenvalue weighted by Gasteiger charge is 2.32. The predicted molar refractivity (Wildman–Crippen MR) is 130 cm³/mol. The number of carbonyl (C=O) groups excluding carboxylic acids is 1. The van der Waals surface area contributed by atoms with Crippen LogP contribution in [0.25, 0.3) is 6.08 Å². The summed E-state index contributed by atoms with van der Waals surface area (Å²) in [7, 11) is 0. The number of hydrogen-bond acceptors (Lipinski definition) is 5. The van der Waals surface area contributed by atoms with Crippen molar-refractivity contribution in [1.82, 2.24) is 4.90 Å². The van der Waals surface area contributed by atoms with Gasteiger partial charge in [-0.1, -0.05) is 59.7 Å². The molecule has 0 saturated carbocycles. The van der Waals surface area contributed by atoms with Crippen molar-refractivity contribution in [2.45, 2.75) is 20.4 Å². The second kappa shape index (κ2) is 10.2. The summed E-state index contributed by atoms with van der Waals surface area (Å²) in [5, 5.41) is 0. The van der Waals surface area contributed by atoms with E-state index in [0.29, 0.717) is 38.3 Å². The van der Waals surface area contributed by atoms with Crippen molar-refractivity contribution in [3.05, 3.63) is 62.5 Å². The molecule has 0 spiro atoms. The number of benzene rings is 2. The van der Waals surface area contributed by atoms with Gasteiger partial charge >= 0.3 is 0 Å². The number of hydrogen-bond donors (Lipinski definition) is 0. The molecular weight excluding hydrogens is 482 g/mol. The first-order chi connectivity index (χ1) is 14.4. The van der Waals surface area contributed by atoms with Gasteiger partial charge in [0, 0.05) is 0 Å². The van der Waals surface area contributed by atoms with Gasteiger partial charge in [0.1, 0.15) is 10.9 Å². The molecule has 2 aromatic carbocycles. The second-order valence-corrected chi connectivity index (χ2v) is 9.04. The normalized spacial score (nSPS) is 14.9. The maximum absolute atomic E-state index is 13.0. The lowest BCUT2D eigenvalue weighted by Gasteiger charge is -2.14. The van der Waals surface area contributed by atoms with Gasteiger partial charge in [-0.25, -0.2) is 0 Å². The third-order valence-electron chi connectivity index (χ3n) is 4.26. The molecule has 0 aliphatic carbocycles. The van der Waals surface area contributed by atoms with Crippen molar-refractivity contribution in [3.63, 3.8) is 0 Å². The van der Waals surface area contributed by atoms with Crippen molar-refractivity contribution in [1.29, 1.82) is 0 Å². The molecule has 1 aliphatic heterocycles. The maximum atomic E-state index is 13.0. The number of aryl methyl sites for hydroxylation is 1. The fourth-order valence-corrected chi connectivity index (χ4v) is 4.68. The van der Waals surface area contributed by atoms with Gasteiger partial charge in [0.2, 0.25) is 0 Å². The molecule has 0 unspecified atom stereocenters. The quantitative estimate of drug-likeness (QED) is 0.281. The van der Waals surface area contributed by atoms with E-state index in [1.807, 2.05) is 56.3 Å². The Morgan fingerprint density at radius 1 is 1.27 bits per heavy atom. The Balaban J connectivity index is 1.85. The van der Waals surface area contributed by atoms with Gasteiger partial charge in [0.05, 0.1) is 22.5 Å². The van der Waals surface area contributed by atoms with E-state index < -0.39 is 0 Å². The minimum atomic E-state index is -0.104. The lowest BCUT2D eigenvalue weighted by atomic mass is 10.1. The van der Waals surface area contributed by atoms with Gasteiger partial charge in [-0.2, -0.15) is 0 Å². The lowest BCUT2D eigenvalue weighted by Crippen LogP contribution is -2.27. The highest BCUT2D eigenvalue weighted by molar-refractivity contribution is 9.10. The molecule has 3 rings (SSSR count). The fourth-order valence-electron chi connectivity index (χ4n) is 2.85. The number of thiocarbonyl (C=S) groups is 1. The number of rotatable bonds is 7. The summed E-state index contributed by atoms with van der Waals surface area (Å²) in [4.78, 5) is 15.1. The molecule has 154 valence electrons. The van der Waals surface area contributed by atoms with Crippen molar-refractivity contribution in [3.8, 4) is 23.8 Å². The first-order valence-electron chi connectivity index (χ1n) is 9.26. The topological polar surface area (TPSA) is 38.8 Å². The Kier molecular flexibility index (Phi) is 7.59. The van der Waals surface area contributed by atoms with Crippen LogP contribution in [0.4, 0.5) is 0 Å². The summed E-state index contributed by atoms with van der Waals surface area (Å²) in [6.45, 7) is 4.98. The maximum Gasteiger partial charge on any atom is 0.266 e. The molecule has 1 fully saturated rings. The minimum absolute atomic E-state index is 0.104. The van der Waals surface area contributed by atoms with E-state index in [4.69, 9.17) is 28.1 Å². The SMILES string of the molecule is C#CCOc1c(Br)cc(/C=C2\SC(=S)N(Cc3ccc(C)cc3)C2=O)cc1OCC. The molecule has 30 heavy (non-hydrogen) atoms. The molecule has 4 nitrogen and oxygen atoms in total. The summed E-state index contributed by atoms with van der Waals surface area (Å²) in [5.41, 5.74) is 3.01. The number of amides is 1. The fraction of sp³-hybridized carbons (Fsp3) is 0.217. The number of thioether (sulfide) groups is 1. The van der Waals surface area contributed by atoms with Crippen LogP contribution in [-0.4, -0.2) is 28.3 Å². The molecule has 7 heteroatoms. The standard InChI is InChI=1S/C23H20BrNO3S2/c1-4-10-28-21-18(24)11-17(12-19(21)27-5-2)13-20-22(26)25(23(29)30-20)14-16-8-6-15(3)7-9-16/h1,6-9,11-13H,5,10,14H2,2-3H3/b20-13-. The Bertz CT molecular complexity index is 1040. The molecular formula is C23H20BrNO3S2. The van der Waals surface area contributed by atoms with Crippen LogP contribution < -0.4 is 9.47 Å². The highest BCUT2D eigenvalue weighted by Crippen LogP contribution is 2.39. The van der Waals surface area contributed by atoms with E-state index in [-0.39, 0.29) is 12.5 Å². The zero-order valence-electron chi connectivity index (χ0n) is 16.6. The smallest absolute Gasteiger partial charge is 0.266 e. The lowest BCUT2D eigenvalue weighted by molar-refractivity contribution is -0.122. The van der Waals surface area contributed by atoms with E-state index in [9.17, 15) is 4.79 Å². The molecule has 1 heterocycles. The molecule has 1 aliphatic rings. The Morgan fingerprint density at radius 3 is 2.67 bits per heavy atom. The van der Waals surface area contributed by atoms with Crippen LogP contribution in [-0.2, 0) is 11.3 Å². The van der Waals surface area contributed by atoms with Gasteiger partial charge in [0.25, 0.3) is 5.91 Å². The van der Waals surface area contributed by atoms with E-state index in [0.717, 1.165) is 11.1 Å². The van der Waals surface area contributed by atoms with Gasteiger partial charge in [-0.05, 0) is 59.1 Å². The zero-order chi connectivity index (χ0) is 21.7. The number of terminal acetylenes is 1. The third kappa shape index (κ3) is 5.25.